The lowest BCUT2D eigenvalue weighted by Crippen LogP contribution is -2.42. The fourth-order valence-corrected chi connectivity index (χ4v) is 2.94. The average molecular weight is 374 g/mol. The van der Waals surface area contributed by atoms with Gasteiger partial charge in [-0.3, -0.25) is 9.78 Å². The highest BCUT2D eigenvalue weighted by Gasteiger charge is 2.25. The van der Waals surface area contributed by atoms with Crippen molar-refractivity contribution < 1.29 is 24.5 Å². The summed E-state index contributed by atoms with van der Waals surface area (Å²) in [6.07, 6.45) is 12.6. The minimum Gasteiger partial charge on any atom is -0.480 e. The van der Waals surface area contributed by atoms with Gasteiger partial charge in [-0.15, -0.1) is 0 Å². The highest BCUT2D eigenvalue weighted by atomic mass is 16.5. The van der Waals surface area contributed by atoms with Crippen molar-refractivity contribution in [2.75, 3.05) is 19.8 Å². The molecule has 1 fully saturated rings. The Morgan fingerprint density at radius 2 is 2.15 bits per heavy atom. The standard InChI is InChI=1S/C20H26N2O5/c23-18(14-16-8-10-21-11-9-16)7-6-17-4-3-5-19(24)22(17)12-1-2-13-27-15-20(25)26/h1-2,6-11,17-18,23H,3-5,12-15H2,(H,25,26)/t17-,18?/m1/s1. The zero-order valence-electron chi connectivity index (χ0n) is 15.2. The Balaban J connectivity index is 1.85. The SMILES string of the molecule is O=C(O)COCC=CCN1C(=O)CCC[C@@H]1C=CC(O)Cc1ccncc1. The van der Waals surface area contributed by atoms with Gasteiger partial charge in [-0.2, -0.15) is 0 Å². The quantitative estimate of drug-likeness (QED) is 0.476. The molecule has 0 aliphatic carbocycles. The molecule has 0 spiro atoms. The molecule has 0 bridgehead atoms. The van der Waals surface area contributed by atoms with Gasteiger partial charge in [0.15, 0.2) is 0 Å². The number of amides is 1. The lowest BCUT2D eigenvalue weighted by molar-refractivity contribution is -0.141. The molecule has 2 rings (SSSR count). The van der Waals surface area contributed by atoms with Crippen LogP contribution in [0, 0.1) is 0 Å². The molecule has 1 aliphatic rings. The number of carbonyl (C=O) groups is 2. The molecule has 0 radical (unpaired) electrons. The summed E-state index contributed by atoms with van der Waals surface area (Å²) in [4.78, 5) is 28.3. The van der Waals surface area contributed by atoms with E-state index in [9.17, 15) is 14.7 Å². The summed E-state index contributed by atoms with van der Waals surface area (Å²) >= 11 is 0. The number of carboxylic acids is 1. The Hall–Kier alpha value is -2.51. The van der Waals surface area contributed by atoms with Gasteiger partial charge in [0, 0.05) is 31.8 Å². The Morgan fingerprint density at radius 3 is 2.89 bits per heavy atom. The van der Waals surface area contributed by atoms with Gasteiger partial charge in [-0.25, -0.2) is 4.79 Å². The summed E-state index contributed by atoms with van der Waals surface area (Å²) in [5, 5.41) is 18.7. The van der Waals surface area contributed by atoms with E-state index in [4.69, 9.17) is 9.84 Å². The lowest BCUT2D eigenvalue weighted by Gasteiger charge is -2.33. The monoisotopic (exact) mass is 374 g/mol. The molecule has 2 atom stereocenters. The van der Waals surface area contributed by atoms with Gasteiger partial charge in [-0.1, -0.05) is 24.3 Å². The van der Waals surface area contributed by atoms with E-state index in [2.05, 4.69) is 4.98 Å². The molecule has 1 aliphatic heterocycles. The number of hydrogen-bond donors (Lipinski definition) is 2. The Morgan fingerprint density at radius 1 is 1.37 bits per heavy atom. The summed E-state index contributed by atoms with van der Waals surface area (Å²) < 4.78 is 4.93. The zero-order valence-corrected chi connectivity index (χ0v) is 15.2. The normalized spacial score (nSPS) is 19.1. The number of rotatable bonds is 10. The van der Waals surface area contributed by atoms with Crippen LogP contribution < -0.4 is 0 Å². The van der Waals surface area contributed by atoms with Gasteiger partial charge >= 0.3 is 5.97 Å². The number of nitrogens with zero attached hydrogens (tertiary/aromatic N) is 2. The molecule has 1 amide bonds. The van der Waals surface area contributed by atoms with Crippen molar-refractivity contribution >= 4 is 11.9 Å². The summed E-state index contributed by atoms with van der Waals surface area (Å²) in [6, 6.07) is 3.68. The number of aromatic nitrogens is 1. The highest BCUT2D eigenvalue weighted by Crippen LogP contribution is 2.19. The number of hydrogen-bond acceptors (Lipinski definition) is 5. The van der Waals surface area contributed by atoms with Crippen LogP contribution in [0.4, 0.5) is 0 Å². The molecular weight excluding hydrogens is 348 g/mol. The van der Waals surface area contributed by atoms with Gasteiger partial charge in [0.05, 0.1) is 18.8 Å². The fourth-order valence-electron chi connectivity index (χ4n) is 2.94. The molecule has 0 aromatic carbocycles. The maximum Gasteiger partial charge on any atom is 0.329 e. The third kappa shape index (κ3) is 7.72. The number of aliphatic hydroxyl groups excluding tert-OH is 1. The van der Waals surface area contributed by atoms with E-state index in [1.54, 1.807) is 35.5 Å². The van der Waals surface area contributed by atoms with Crippen LogP contribution in [0.25, 0.3) is 0 Å². The fraction of sp³-hybridized carbons (Fsp3) is 0.450. The van der Waals surface area contributed by atoms with Gasteiger partial charge < -0.3 is 19.8 Å². The highest BCUT2D eigenvalue weighted by molar-refractivity contribution is 5.77. The van der Waals surface area contributed by atoms with Gasteiger partial charge in [-0.05, 0) is 30.5 Å². The Kier molecular flexibility index (Phi) is 8.67. The number of pyridine rings is 1. The van der Waals surface area contributed by atoms with Crippen LogP contribution in [-0.2, 0) is 20.7 Å². The summed E-state index contributed by atoms with van der Waals surface area (Å²) in [7, 11) is 0. The average Bonchev–Trinajstić information content (AvgIpc) is 2.65. The topological polar surface area (TPSA) is 100.0 Å². The molecule has 7 heteroatoms. The first-order chi connectivity index (χ1) is 13.1. The maximum atomic E-state index is 12.2. The van der Waals surface area contributed by atoms with Crippen LogP contribution in [0.3, 0.4) is 0 Å². The summed E-state index contributed by atoms with van der Waals surface area (Å²) in [6.45, 7) is 0.290. The molecule has 1 aromatic heterocycles. The number of aliphatic hydroxyl groups is 1. The largest absolute Gasteiger partial charge is 0.480 e. The molecule has 2 heterocycles. The van der Waals surface area contributed by atoms with E-state index in [0.29, 0.717) is 19.4 Å². The predicted molar refractivity (Wildman–Crippen MR) is 100 cm³/mol. The molecular formula is C20H26N2O5. The van der Waals surface area contributed by atoms with Gasteiger partial charge in [0.2, 0.25) is 5.91 Å². The van der Waals surface area contributed by atoms with Crippen LogP contribution in [0.5, 0.6) is 0 Å². The molecule has 1 aromatic rings. The van der Waals surface area contributed by atoms with E-state index in [1.165, 1.54) is 0 Å². The number of ether oxygens (including phenoxy) is 1. The Labute approximate surface area is 159 Å². The van der Waals surface area contributed by atoms with Crippen LogP contribution >= 0.6 is 0 Å². The van der Waals surface area contributed by atoms with Crippen molar-refractivity contribution in [3.8, 4) is 0 Å². The van der Waals surface area contributed by atoms with Crippen molar-refractivity contribution in [2.24, 2.45) is 0 Å². The molecule has 7 nitrogen and oxygen atoms in total. The van der Waals surface area contributed by atoms with Crippen LogP contribution in [0.1, 0.15) is 24.8 Å². The minimum atomic E-state index is -1.01. The molecule has 1 saturated heterocycles. The second kappa shape index (κ2) is 11.3. The third-order valence-electron chi connectivity index (χ3n) is 4.27. The van der Waals surface area contributed by atoms with Crippen LogP contribution in [-0.4, -0.2) is 63.9 Å². The molecule has 0 saturated carbocycles. The van der Waals surface area contributed by atoms with E-state index in [1.807, 2.05) is 18.2 Å². The summed E-state index contributed by atoms with van der Waals surface area (Å²) in [5.41, 5.74) is 1.00. The third-order valence-corrected chi connectivity index (χ3v) is 4.27. The van der Waals surface area contributed by atoms with Crippen LogP contribution in [0.15, 0.2) is 48.8 Å². The van der Waals surface area contributed by atoms with E-state index >= 15 is 0 Å². The molecule has 2 N–H and O–H groups in total. The first-order valence-electron chi connectivity index (χ1n) is 9.05. The number of likely N-dealkylation sites (tertiary alicyclic amines) is 1. The molecule has 1 unspecified atom stereocenters. The number of carbonyl (C=O) groups excluding carboxylic acids is 1. The first kappa shape index (κ1) is 20.8. The first-order valence-corrected chi connectivity index (χ1v) is 9.05. The number of aliphatic carboxylic acids is 1. The molecule has 146 valence electrons. The van der Waals surface area contributed by atoms with E-state index in [0.717, 1.165) is 18.4 Å². The van der Waals surface area contributed by atoms with Crippen molar-refractivity contribution in [3.63, 3.8) is 0 Å². The number of piperidine rings is 1. The van der Waals surface area contributed by atoms with Crippen molar-refractivity contribution in [1.29, 1.82) is 0 Å². The molecule has 27 heavy (non-hydrogen) atoms. The maximum absolute atomic E-state index is 12.2. The minimum absolute atomic E-state index is 0.0528. The van der Waals surface area contributed by atoms with Gasteiger partial charge in [0.1, 0.15) is 6.61 Å². The van der Waals surface area contributed by atoms with E-state index in [-0.39, 0.29) is 25.2 Å². The lowest BCUT2D eigenvalue weighted by atomic mass is 9.99. The van der Waals surface area contributed by atoms with Crippen molar-refractivity contribution in [3.05, 3.63) is 54.4 Å². The second-order valence-electron chi connectivity index (χ2n) is 6.40. The van der Waals surface area contributed by atoms with Gasteiger partial charge in [0.25, 0.3) is 0 Å². The number of carboxylic acid groups (broad SMARTS) is 1. The van der Waals surface area contributed by atoms with Crippen molar-refractivity contribution in [2.45, 2.75) is 37.8 Å². The zero-order chi connectivity index (χ0) is 19.5. The Bertz CT molecular complexity index is 660. The van der Waals surface area contributed by atoms with E-state index < -0.39 is 12.1 Å². The van der Waals surface area contributed by atoms with Crippen molar-refractivity contribution in [1.82, 2.24) is 9.88 Å². The predicted octanol–water partition coefficient (Wildman–Crippen LogP) is 1.58. The van der Waals surface area contributed by atoms with Crippen LogP contribution in [0.2, 0.25) is 0 Å². The second-order valence-corrected chi connectivity index (χ2v) is 6.40. The summed E-state index contributed by atoms with van der Waals surface area (Å²) in [5.74, 6) is -0.930. The smallest absolute Gasteiger partial charge is 0.329 e.